The van der Waals surface area contributed by atoms with Crippen LogP contribution in [0.5, 0.6) is 0 Å². The second kappa shape index (κ2) is 3.63. The number of methoxy groups -OCH3 is 1. The van der Waals surface area contributed by atoms with Crippen LogP contribution in [0.2, 0.25) is 0 Å². The minimum absolute atomic E-state index is 0.0501. The zero-order valence-corrected chi connectivity index (χ0v) is 7.69. The number of hydrogen-bond donors (Lipinski definition) is 2. The van der Waals surface area contributed by atoms with E-state index in [1.165, 1.54) is 25.3 Å². The van der Waals surface area contributed by atoms with Crippen molar-refractivity contribution >= 4 is 11.9 Å². The Balaban J connectivity index is 2.88. The molecule has 1 aliphatic carbocycles. The molecule has 0 saturated carbocycles. The fraction of sp³-hybridized carbons (Fsp3) is 0.333. The first kappa shape index (κ1) is 10.5. The van der Waals surface area contributed by atoms with Crippen molar-refractivity contribution in [3.05, 3.63) is 23.8 Å². The minimum Gasteiger partial charge on any atom is -0.480 e. The van der Waals surface area contributed by atoms with Crippen molar-refractivity contribution in [3.63, 3.8) is 0 Å². The summed E-state index contributed by atoms with van der Waals surface area (Å²) >= 11 is 0. The highest BCUT2D eigenvalue weighted by atomic mass is 16.5. The molecule has 0 fully saturated rings. The molecule has 1 unspecified atom stereocenters. The standard InChI is InChI=1S/C9H11NO4/c1-14-7(11)6-3-2-4-9(10,5-6)8(12)13/h2-4H,5,10H2,1H3,(H,12,13). The summed E-state index contributed by atoms with van der Waals surface area (Å²) in [6, 6.07) is 0. The van der Waals surface area contributed by atoms with E-state index >= 15 is 0 Å². The van der Waals surface area contributed by atoms with Crippen molar-refractivity contribution in [2.75, 3.05) is 7.11 Å². The summed E-state index contributed by atoms with van der Waals surface area (Å²) in [4.78, 5) is 21.9. The van der Waals surface area contributed by atoms with Gasteiger partial charge in [-0.15, -0.1) is 0 Å². The van der Waals surface area contributed by atoms with E-state index in [1.54, 1.807) is 0 Å². The molecule has 0 aromatic carbocycles. The van der Waals surface area contributed by atoms with E-state index in [9.17, 15) is 9.59 Å². The van der Waals surface area contributed by atoms with Gasteiger partial charge in [0.1, 0.15) is 5.54 Å². The van der Waals surface area contributed by atoms with Crippen molar-refractivity contribution in [1.82, 2.24) is 0 Å². The molecule has 0 aliphatic heterocycles. The van der Waals surface area contributed by atoms with Crippen LogP contribution < -0.4 is 5.73 Å². The number of carbonyl (C=O) groups is 2. The zero-order chi connectivity index (χ0) is 10.8. The zero-order valence-electron chi connectivity index (χ0n) is 7.69. The largest absolute Gasteiger partial charge is 0.480 e. The number of hydrogen-bond acceptors (Lipinski definition) is 4. The normalized spacial score (nSPS) is 25.4. The number of rotatable bonds is 2. The molecule has 0 aromatic rings. The van der Waals surface area contributed by atoms with Crippen LogP contribution in [0.4, 0.5) is 0 Å². The van der Waals surface area contributed by atoms with Crippen LogP contribution in [0.1, 0.15) is 6.42 Å². The van der Waals surface area contributed by atoms with Crippen LogP contribution in [0, 0.1) is 0 Å². The Bertz CT molecular complexity index is 332. The number of esters is 1. The predicted molar refractivity (Wildman–Crippen MR) is 48.4 cm³/mol. The van der Waals surface area contributed by atoms with Crippen molar-refractivity contribution in [1.29, 1.82) is 0 Å². The highest BCUT2D eigenvalue weighted by Gasteiger charge is 2.35. The third-order valence-electron chi connectivity index (χ3n) is 2.02. The second-order valence-electron chi connectivity index (χ2n) is 3.06. The molecular weight excluding hydrogens is 186 g/mol. The van der Waals surface area contributed by atoms with Crippen LogP contribution in [0.3, 0.4) is 0 Å². The van der Waals surface area contributed by atoms with Gasteiger partial charge in [-0.3, -0.25) is 0 Å². The number of carboxylic acids is 1. The number of aliphatic carboxylic acids is 1. The third kappa shape index (κ3) is 1.82. The highest BCUT2D eigenvalue weighted by molar-refractivity contribution is 5.92. The van der Waals surface area contributed by atoms with Gasteiger partial charge < -0.3 is 15.6 Å². The van der Waals surface area contributed by atoms with Crippen LogP contribution in [-0.2, 0) is 14.3 Å². The Labute approximate surface area is 80.8 Å². The van der Waals surface area contributed by atoms with Crippen molar-refractivity contribution in [2.45, 2.75) is 12.0 Å². The summed E-state index contributed by atoms with van der Waals surface area (Å²) in [5.74, 6) is -1.71. The van der Waals surface area contributed by atoms with E-state index in [0.717, 1.165) is 0 Å². The quantitative estimate of drug-likeness (QED) is 0.600. The fourth-order valence-corrected chi connectivity index (χ4v) is 1.19. The van der Waals surface area contributed by atoms with Crippen LogP contribution in [0.15, 0.2) is 23.8 Å². The predicted octanol–water partition coefficient (Wildman–Crippen LogP) is -0.172. The summed E-state index contributed by atoms with van der Waals surface area (Å²) in [5.41, 5.74) is 4.31. The average molecular weight is 197 g/mol. The molecule has 1 rings (SSSR count). The lowest BCUT2D eigenvalue weighted by atomic mass is 9.87. The molecule has 0 aromatic heterocycles. The van der Waals surface area contributed by atoms with E-state index in [0.29, 0.717) is 0 Å². The molecule has 0 bridgehead atoms. The first-order valence-corrected chi connectivity index (χ1v) is 3.98. The monoisotopic (exact) mass is 197 g/mol. The molecular formula is C9H11NO4. The molecule has 5 heteroatoms. The van der Waals surface area contributed by atoms with Crippen LogP contribution >= 0.6 is 0 Å². The molecule has 0 amide bonds. The summed E-state index contributed by atoms with van der Waals surface area (Å²) in [6.07, 6.45) is 4.25. The molecule has 76 valence electrons. The maximum absolute atomic E-state index is 11.1. The summed E-state index contributed by atoms with van der Waals surface area (Å²) in [6.45, 7) is 0. The molecule has 3 N–H and O–H groups in total. The van der Waals surface area contributed by atoms with Gasteiger partial charge >= 0.3 is 11.9 Å². The lowest BCUT2D eigenvalue weighted by molar-refractivity contribution is -0.141. The van der Waals surface area contributed by atoms with E-state index in [-0.39, 0.29) is 12.0 Å². The molecule has 0 spiro atoms. The number of carbonyl (C=O) groups excluding carboxylic acids is 1. The number of nitrogens with two attached hydrogens (primary N) is 1. The smallest absolute Gasteiger partial charge is 0.333 e. The van der Waals surface area contributed by atoms with E-state index in [1.807, 2.05) is 0 Å². The van der Waals surface area contributed by atoms with Crippen LogP contribution in [0.25, 0.3) is 0 Å². The molecule has 5 nitrogen and oxygen atoms in total. The Morgan fingerprint density at radius 2 is 2.29 bits per heavy atom. The van der Waals surface area contributed by atoms with Gasteiger partial charge in [0.25, 0.3) is 0 Å². The summed E-state index contributed by atoms with van der Waals surface area (Å²) in [7, 11) is 1.24. The van der Waals surface area contributed by atoms with Gasteiger partial charge in [0.15, 0.2) is 0 Å². The molecule has 1 aliphatic rings. The Kier molecular flexibility index (Phi) is 2.71. The Hall–Kier alpha value is -1.62. The van der Waals surface area contributed by atoms with Gasteiger partial charge in [-0.25, -0.2) is 9.59 Å². The first-order valence-electron chi connectivity index (χ1n) is 3.98. The van der Waals surface area contributed by atoms with Gasteiger partial charge in [0.05, 0.1) is 7.11 Å². The number of allylic oxidation sites excluding steroid dienone is 2. The maximum Gasteiger partial charge on any atom is 0.333 e. The topological polar surface area (TPSA) is 89.6 Å². The van der Waals surface area contributed by atoms with Crippen molar-refractivity contribution in [2.24, 2.45) is 5.73 Å². The first-order chi connectivity index (χ1) is 6.49. The second-order valence-corrected chi connectivity index (χ2v) is 3.06. The van der Waals surface area contributed by atoms with Gasteiger partial charge in [-0.05, 0) is 0 Å². The molecule has 0 heterocycles. The number of ether oxygens (including phenoxy) is 1. The minimum atomic E-state index is -1.50. The number of carboxylic acid groups (broad SMARTS) is 1. The average Bonchev–Trinajstić information content (AvgIpc) is 2.16. The van der Waals surface area contributed by atoms with Gasteiger partial charge in [-0.1, -0.05) is 18.2 Å². The SMILES string of the molecule is COC(=O)C1=CC=CC(N)(C(=O)O)C1. The fourth-order valence-electron chi connectivity index (χ4n) is 1.19. The Morgan fingerprint density at radius 1 is 1.64 bits per heavy atom. The lowest BCUT2D eigenvalue weighted by Gasteiger charge is -2.23. The molecule has 0 saturated heterocycles. The molecule has 1 atom stereocenters. The maximum atomic E-state index is 11.1. The van der Waals surface area contributed by atoms with Crippen molar-refractivity contribution < 1.29 is 19.4 Å². The Morgan fingerprint density at radius 3 is 2.79 bits per heavy atom. The van der Waals surface area contributed by atoms with Crippen LogP contribution in [-0.4, -0.2) is 29.7 Å². The van der Waals surface area contributed by atoms with E-state index in [4.69, 9.17) is 10.8 Å². The summed E-state index contributed by atoms with van der Waals surface area (Å²) in [5, 5.41) is 8.81. The lowest BCUT2D eigenvalue weighted by Crippen LogP contribution is -2.47. The third-order valence-corrected chi connectivity index (χ3v) is 2.02. The molecule has 0 radical (unpaired) electrons. The molecule has 14 heavy (non-hydrogen) atoms. The van der Waals surface area contributed by atoms with Gasteiger partial charge in [0, 0.05) is 12.0 Å². The summed E-state index contributed by atoms with van der Waals surface area (Å²) < 4.78 is 4.47. The highest BCUT2D eigenvalue weighted by Crippen LogP contribution is 2.21. The van der Waals surface area contributed by atoms with Crippen molar-refractivity contribution in [3.8, 4) is 0 Å². The van der Waals surface area contributed by atoms with E-state index < -0.39 is 17.5 Å². The van der Waals surface area contributed by atoms with E-state index in [2.05, 4.69) is 4.74 Å². The van der Waals surface area contributed by atoms with Gasteiger partial charge in [-0.2, -0.15) is 0 Å². The van der Waals surface area contributed by atoms with Gasteiger partial charge in [0.2, 0.25) is 0 Å².